The summed E-state index contributed by atoms with van der Waals surface area (Å²) in [7, 11) is 0. The lowest BCUT2D eigenvalue weighted by atomic mass is 9.53. The average Bonchev–Trinajstić information content (AvgIpc) is 2.99. The molecule has 234 valence electrons. The second-order valence-electron chi connectivity index (χ2n) is 12.8. The smallest absolute Gasteiger partial charge is 0.235 e. The average molecular weight is 611 g/mol. The maximum Gasteiger partial charge on any atom is 0.235 e. The van der Waals surface area contributed by atoms with Gasteiger partial charge in [-0.2, -0.15) is 0 Å². The molecule has 6 rings (SSSR count). The normalized spacial score (nSPS) is 26.1. The molecule has 4 N–H and O–H groups in total. The number of phenolic OH excluding ortho intramolecular Hbond substituents is 1. The number of aliphatic hydroxyl groups is 1. The fraction of sp³-hybridized carbons (Fsp3) is 0.417. The molecular formula is C36H38N2O7. The van der Waals surface area contributed by atoms with Gasteiger partial charge in [0.05, 0.1) is 11.5 Å². The van der Waals surface area contributed by atoms with Crippen LogP contribution in [0.2, 0.25) is 0 Å². The van der Waals surface area contributed by atoms with Crippen LogP contribution in [0.5, 0.6) is 5.75 Å². The van der Waals surface area contributed by atoms with Gasteiger partial charge in [0.2, 0.25) is 5.91 Å². The van der Waals surface area contributed by atoms with Crippen molar-refractivity contribution >= 4 is 39.8 Å². The summed E-state index contributed by atoms with van der Waals surface area (Å²) in [5.74, 6) is -10.2. The number of phenols is 1. The first-order valence-corrected chi connectivity index (χ1v) is 15.8. The lowest BCUT2D eigenvalue weighted by molar-refractivity contribution is -0.175. The third kappa shape index (κ3) is 4.80. The first-order valence-electron chi connectivity index (χ1n) is 15.8. The van der Waals surface area contributed by atoms with Crippen LogP contribution >= 0.6 is 0 Å². The lowest BCUT2D eigenvalue weighted by Crippen LogP contribution is -2.68. The van der Waals surface area contributed by atoms with Gasteiger partial charge in [0.15, 0.2) is 34.7 Å². The molecule has 3 aliphatic rings. The van der Waals surface area contributed by atoms with E-state index in [1.54, 1.807) is 6.07 Å². The van der Waals surface area contributed by atoms with Gasteiger partial charge >= 0.3 is 0 Å². The van der Waals surface area contributed by atoms with E-state index in [-0.39, 0.29) is 30.6 Å². The number of nitrogens with zero attached hydrogens (tertiary/aromatic N) is 1. The molecule has 3 aliphatic carbocycles. The molecule has 9 nitrogen and oxygen atoms in total. The molecular weight excluding hydrogens is 572 g/mol. The first-order chi connectivity index (χ1) is 21.5. The van der Waals surface area contributed by atoms with Crippen LogP contribution in [0.1, 0.15) is 61.0 Å². The van der Waals surface area contributed by atoms with E-state index < -0.39 is 58.3 Å². The molecule has 2 saturated carbocycles. The summed E-state index contributed by atoms with van der Waals surface area (Å²) >= 11 is 0. The number of carbonyl (C=O) groups excluding carboxylic acids is 5. The van der Waals surface area contributed by atoms with E-state index in [2.05, 4.69) is 30.9 Å². The molecule has 0 saturated heterocycles. The number of fused-ring (bicyclic) bond motifs is 4. The number of nitrogens with two attached hydrogens (primary N) is 1. The summed E-state index contributed by atoms with van der Waals surface area (Å²) in [6, 6.07) is 15.5. The van der Waals surface area contributed by atoms with E-state index in [9.17, 15) is 34.2 Å². The Morgan fingerprint density at radius 1 is 0.911 bits per heavy atom. The summed E-state index contributed by atoms with van der Waals surface area (Å²) in [5.41, 5.74) is 6.06. The Bertz CT molecular complexity index is 1760. The van der Waals surface area contributed by atoms with Crippen molar-refractivity contribution in [1.82, 2.24) is 4.90 Å². The van der Waals surface area contributed by atoms with Gasteiger partial charge in [0.25, 0.3) is 0 Å². The van der Waals surface area contributed by atoms with Crippen LogP contribution in [0.25, 0.3) is 21.9 Å². The standard InChI is InChI=1S/C36H38N2O7/c1-3-13-38(14-4-2)18-19-9-10-24(23-8-6-5-7-22(19)23)25-11-12-27(39)30-26(25)16-20-15-21-17-28(40)31(35(37)44)34(43)36(21,45)33(42)29(20)32(30)41/h5-12,20-21,29,31,39,45H,3-4,13-18H2,1-2H3,(H2,37,44)/t20-,21+,29?,31?,36+/m1/s1. The monoisotopic (exact) mass is 610 g/mol. The number of rotatable bonds is 8. The fourth-order valence-electron chi connectivity index (χ4n) is 8.10. The zero-order valence-corrected chi connectivity index (χ0v) is 25.5. The van der Waals surface area contributed by atoms with Gasteiger partial charge in [-0.15, -0.1) is 0 Å². The Morgan fingerprint density at radius 3 is 2.24 bits per heavy atom. The number of aromatic hydroxyl groups is 1. The van der Waals surface area contributed by atoms with E-state index in [0.717, 1.165) is 54.4 Å². The minimum absolute atomic E-state index is 0.000149. The highest BCUT2D eigenvalue weighted by molar-refractivity contribution is 6.31. The van der Waals surface area contributed by atoms with Crippen molar-refractivity contribution in [3.05, 3.63) is 65.2 Å². The molecule has 3 aromatic rings. The maximum atomic E-state index is 14.1. The predicted octanol–water partition coefficient (Wildman–Crippen LogP) is 3.77. The van der Waals surface area contributed by atoms with Gasteiger partial charge < -0.3 is 15.9 Å². The summed E-state index contributed by atoms with van der Waals surface area (Å²) in [5, 5.41) is 24.5. The largest absolute Gasteiger partial charge is 0.507 e. The van der Waals surface area contributed by atoms with Crippen molar-refractivity contribution < 1.29 is 34.2 Å². The minimum atomic E-state index is -2.66. The molecule has 2 fully saturated rings. The van der Waals surface area contributed by atoms with E-state index >= 15 is 0 Å². The molecule has 0 radical (unpaired) electrons. The van der Waals surface area contributed by atoms with E-state index in [1.165, 1.54) is 11.6 Å². The van der Waals surface area contributed by atoms with Gasteiger partial charge in [0, 0.05) is 18.9 Å². The summed E-state index contributed by atoms with van der Waals surface area (Å²) in [6.07, 6.45) is 2.03. The van der Waals surface area contributed by atoms with Crippen molar-refractivity contribution in [1.29, 1.82) is 0 Å². The Hall–Kier alpha value is -4.21. The SMILES string of the molecule is CCCN(CCC)Cc1ccc(-c2ccc(O)c3c2C[C@H]2C[C@H]4CC(=O)C(C(N)=O)C(=O)[C@@]4(O)C(=O)C2C3=O)c2ccccc12. The molecule has 0 heterocycles. The summed E-state index contributed by atoms with van der Waals surface area (Å²) in [4.78, 5) is 68.2. The second kappa shape index (κ2) is 11.6. The van der Waals surface area contributed by atoms with Crippen LogP contribution in [0.3, 0.4) is 0 Å². The van der Waals surface area contributed by atoms with Gasteiger partial charge in [-0.3, -0.25) is 28.9 Å². The van der Waals surface area contributed by atoms with Crippen molar-refractivity contribution in [2.45, 2.75) is 58.1 Å². The third-order valence-electron chi connectivity index (χ3n) is 10.1. The number of carbonyl (C=O) groups is 5. The molecule has 9 heteroatoms. The number of primary amides is 1. The fourth-order valence-corrected chi connectivity index (χ4v) is 8.10. The Labute approximate surface area is 261 Å². The molecule has 3 aromatic carbocycles. The Morgan fingerprint density at radius 2 is 1.58 bits per heavy atom. The number of hydrogen-bond donors (Lipinski definition) is 3. The van der Waals surface area contributed by atoms with Crippen molar-refractivity contribution in [3.8, 4) is 16.9 Å². The minimum Gasteiger partial charge on any atom is -0.507 e. The molecule has 0 bridgehead atoms. The van der Waals surface area contributed by atoms with Crippen LogP contribution in [0, 0.1) is 23.7 Å². The highest BCUT2D eigenvalue weighted by Crippen LogP contribution is 2.51. The quantitative estimate of drug-likeness (QED) is 0.326. The van der Waals surface area contributed by atoms with Crippen LogP contribution in [-0.2, 0) is 32.1 Å². The zero-order valence-electron chi connectivity index (χ0n) is 25.5. The highest BCUT2D eigenvalue weighted by Gasteiger charge is 2.66. The second-order valence-corrected chi connectivity index (χ2v) is 12.8. The van der Waals surface area contributed by atoms with E-state index in [0.29, 0.717) is 5.56 Å². The maximum absolute atomic E-state index is 14.1. The molecule has 0 aliphatic heterocycles. The molecule has 2 unspecified atom stereocenters. The summed E-state index contributed by atoms with van der Waals surface area (Å²) < 4.78 is 0. The number of hydrogen-bond acceptors (Lipinski definition) is 8. The third-order valence-corrected chi connectivity index (χ3v) is 10.1. The predicted molar refractivity (Wildman–Crippen MR) is 167 cm³/mol. The summed E-state index contributed by atoms with van der Waals surface area (Å²) in [6.45, 7) is 7.14. The number of ketones is 4. The highest BCUT2D eigenvalue weighted by atomic mass is 16.3. The van der Waals surface area contributed by atoms with Crippen molar-refractivity contribution in [2.75, 3.05) is 13.1 Å². The number of amides is 1. The van der Waals surface area contributed by atoms with Crippen molar-refractivity contribution in [2.24, 2.45) is 29.4 Å². The molecule has 45 heavy (non-hydrogen) atoms. The van der Waals surface area contributed by atoms with Crippen molar-refractivity contribution in [3.63, 3.8) is 0 Å². The number of Topliss-reactive ketones (excluding diaryl/α,β-unsaturated/α-hetero) is 4. The first kappa shape index (κ1) is 30.8. The Kier molecular flexibility index (Phi) is 7.95. The molecule has 1 amide bonds. The van der Waals surface area contributed by atoms with Crippen LogP contribution in [0.4, 0.5) is 0 Å². The molecule has 5 atom stereocenters. The zero-order chi connectivity index (χ0) is 32.2. The topological polar surface area (TPSA) is 155 Å². The van der Waals surface area contributed by atoms with Crippen LogP contribution in [-0.4, -0.2) is 62.8 Å². The molecule has 0 aromatic heterocycles. The lowest BCUT2D eigenvalue weighted by Gasteiger charge is -2.48. The van der Waals surface area contributed by atoms with Gasteiger partial charge in [-0.05, 0) is 83.8 Å². The number of benzene rings is 3. The van der Waals surface area contributed by atoms with Crippen LogP contribution in [0.15, 0.2) is 48.5 Å². The Balaban J connectivity index is 1.43. The molecule has 0 spiro atoms. The van der Waals surface area contributed by atoms with Gasteiger partial charge in [-0.1, -0.05) is 56.3 Å². The van der Waals surface area contributed by atoms with Gasteiger partial charge in [-0.25, -0.2) is 0 Å². The van der Waals surface area contributed by atoms with Crippen LogP contribution < -0.4 is 5.73 Å². The van der Waals surface area contributed by atoms with E-state index in [1.807, 2.05) is 24.3 Å². The van der Waals surface area contributed by atoms with E-state index in [4.69, 9.17) is 5.73 Å². The van der Waals surface area contributed by atoms with Gasteiger partial charge in [0.1, 0.15) is 5.75 Å².